The Hall–Kier alpha value is -0.0900. The highest BCUT2D eigenvalue weighted by atomic mass is 32.2. The van der Waals surface area contributed by atoms with Crippen LogP contribution in [0.15, 0.2) is 0 Å². The summed E-state index contributed by atoms with van der Waals surface area (Å²) in [6.45, 7) is 4.43. The molecule has 1 N–H and O–H groups in total. The normalized spacial score (nSPS) is 25.2. The minimum atomic E-state index is -2.82. The van der Waals surface area contributed by atoms with Crippen LogP contribution in [0.3, 0.4) is 0 Å². The number of rotatable bonds is 3. The van der Waals surface area contributed by atoms with Gasteiger partial charge < -0.3 is 5.32 Å². The average Bonchev–Trinajstić information content (AvgIpc) is 1.79. The van der Waals surface area contributed by atoms with Crippen molar-refractivity contribution in [2.45, 2.75) is 31.6 Å². The summed E-state index contributed by atoms with van der Waals surface area (Å²) >= 11 is 0. The molecule has 0 bridgehead atoms. The Morgan fingerprint density at radius 1 is 1.55 bits per heavy atom. The average molecular weight is 177 g/mol. The Labute approximate surface area is 68.1 Å². The van der Waals surface area contributed by atoms with Gasteiger partial charge in [0.15, 0.2) is 9.84 Å². The quantitative estimate of drug-likeness (QED) is 0.668. The standard InChI is InChI=1S/C7H15NO2S/c1-6(2)11(9,10)5-7-3-4-8-7/h6-8H,3-5H2,1-2H3. The van der Waals surface area contributed by atoms with Gasteiger partial charge in [-0.15, -0.1) is 0 Å². The maximum absolute atomic E-state index is 11.3. The molecule has 1 rings (SSSR count). The van der Waals surface area contributed by atoms with Gasteiger partial charge in [0, 0.05) is 6.04 Å². The molecule has 3 nitrogen and oxygen atoms in total. The third-order valence-electron chi connectivity index (χ3n) is 2.08. The van der Waals surface area contributed by atoms with Crippen LogP contribution in [0.1, 0.15) is 20.3 Å². The molecule has 11 heavy (non-hydrogen) atoms. The first-order valence-electron chi connectivity index (χ1n) is 3.97. The smallest absolute Gasteiger partial charge is 0.154 e. The van der Waals surface area contributed by atoms with Crippen LogP contribution in [-0.4, -0.2) is 32.0 Å². The predicted molar refractivity (Wildman–Crippen MR) is 45.3 cm³/mol. The van der Waals surface area contributed by atoms with Gasteiger partial charge in [-0.3, -0.25) is 0 Å². The fourth-order valence-electron chi connectivity index (χ4n) is 0.964. The molecule has 0 aromatic rings. The minimum absolute atomic E-state index is 0.224. The lowest BCUT2D eigenvalue weighted by molar-refractivity contribution is 0.398. The molecule has 1 heterocycles. The van der Waals surface area contributed by atoms with Gasteiger partial charge >= 0.3 is 0 Å². The van der Waals surface area contributed by atoms with Crippen molar-refractivity contribution >= 4 is 9.84 Å². The second-order valence-electron chi connectivity index (χ2n) is 3.32. The zero-order chi connectivity index (χ0) is 8.48. The third-order valence-corrected chi connectivity index (χ3v) is 4.38. The van der Waals surface area contributed by atoms with Crippen LogP contribution >= 0.6 is 0 Å². The van der Waals surface area contributed by atoms with Gasteiger partial charge in [-0.1, -0.05) is 0 Å². The second-order valence-corrected chi connectivity index (χ2v) is 5.92. The lowest BCUT2D eigenvalue weighted by Crippen LogP contribution is -2.48. The van der Waals surface area contributed by atoms with E-state index in [1.165, 1.54) is 0 Å². The molecular weight excluding hydrogens is 162 g/mol. The van der Waals surface area contributed by atoms with Crippen molar-refractivity contribution in [3.63, 3.8) is 0 Å². The van der Waals surface area contributed by atoms with Crippen LogP contribution in [0.5, 0.6) is 0 Å². The highest BCUT2D eigenvalue weighted by Gasteiger charge is 2.25. The lowest BCUT2D eigenvalue weighted by Gasteiger charge is -2.27. The molecule has 1 unspecified atom stereocenters. The largest absolute Gasteiger partial charge is 0.313 e. The fourth-order valence-corrected chi connectivity index (χ4v) is 2.19. The van der Waals surface area contributed by atoms with Gasteiger partial charge in [0.25, 0.3) is 0 Å². The van der Waals surface area contributed by atoms with Crippen molar-refractivity contribution in [1.82, 2.24) is 5.32 Å². The highest BCUT2D eigenvalue weighted by molar-refractivity contribution is 7.92. The Bertz CT molecular complexity index is 217. The van der Waals surface area contributed by atoms with E-state index in [0.717, 1.165) is 13.0 Å². The number of nitrogens with one attached hydrogen (secondary N) is 1. The van der Waals surface area contributed by atoms with Gasteiger partial charge in [-0.25, -0.2) is 8.42 Å². The number of hydrogen-bond acceptors (Lipinski definition) is 3. The summed E-state index contributed by atoms with van der Waals surface area (Å²) in [5.41, 5.74) is 0. The zero-order valence-electron chi connectivity index (χ0n) is 7.00. The molecule has 0 amide bonds. The first-order valence-corrected chi connectivity index (χ1v) is 5.69. The highest BCUT2D eigenvalue weighted by Crippen LogP contribution is 2.09. The molecule has 4 heteroatoms. The van der Waals surface area contributed by atoms with E-state index in [4.69, 9.17) is 0 Å². The van der Waals surface area contributed by atoms with Gasteiger partial charge in [0.05, 0.1) is 11.0 Å². The molecule has 0 aromatic carbocycles. The molecule has 66 valence electrons. The molecule has 1 fully saturated rings. The summed E-state index contributed by atoms with van der Waals surface area (Å²) in [4.78, 5) is 0. The molecular formula is C7H15NO2S. The van der Waals surface area contributed by atoms with Gasteiger partial charge in [-0.2, -0.15) is 0 Å². The number of hydrogen-bond donors (Lipinski definition) is 1. The van der Waals surface area contributed by atoms with Crippen LogP contribution in [0.2, 0.25) is 0 Å². The monoisotopic (exact) mass is 177 g/mol. The molecule has 0 aromatic heterocycles. The van der Waals surface area contributed by atoms with Crippen molar-refractivity contribution in [3.05, 3.63) is 0 Å². The summed E-state index contributed by atoms with van der Waals surface area (Å²) in [7, 11) is -2.82. The second kappa shape index (κ2) is 3.11. The third kappa shape index (κ3) is 2.17. The molecule has 1 aliphatic rings. The lowest BCUT2D eigenvalue weighted by atomic mass is 10.1. The molecule has 1 saturated heterocycles. The Kier molecular flexibility index (Phi) is 2.54. The first kappa shape index (κ1) is 9.00. The minimum Gasteiger partial charge on any atom is -0.313 e. The van der Waals surface area contributed by atoms with Crippen molar-refractivity contribution in [2.75, 3.05) is 12.3 Å². The summed E-state index contributed by atoms with van der Waals surface area (Å²) in [5, 5.41) is 2.85. The van der Waals surface area contributed by atoms with Crippen LogP contribution in [0, 0.1) is 0 Å². The van der Waals surface area contributed by atoms with Crippen molar-refractivity contribution in [3.8, 4) is 0 Å². The molecule has 0 aliphatic carbocycles. The molecule has 0 saturated carbocycles. The first-order chi connectivity index (χ1) is 5.02. The van der Waals surface area contributed by atoms with E-state index in [0.29, 0.717) is 5.75 Å². The van der Waals surface area contributed by atoms with E-state index < -0.39 is 9.84 Å². The summed E-state index contributed by atoms with van der Waals surface area (Å²) < 4.78 is 22.6. The molecule has 0 spiro atoms. The molecule has 1 atom stereocenters. The van der Waals surface area contributed by atoms with Crippen LogP contribution in [-0.2, 0) is 9.84 Å². The van der Waals surface area contributed by atoms with Crippen molar-refractivity contribution in [1.29, 1.82) is 0 Å². The van der Waals surface area contributed by atoms with Gasteiger partial charge in [0.2, 0.25) is 0 Å². The molecule has 1 aliphatic heterocycles. The summed E-state index contributed by atoms with van der Waals surface area (Å²) in [5.74, 6) is 0.310. The Balaban J connectivity index is 2.46. The Morgan fingerprint density at radius 2 is 2.09 bits per heavy atom. The van der Waals surface area contributed by atoms with Gasteiger partial charge in [-0.05, 0) is 26.8 Å². The maximum Gasteiger partial charge on any atom is 0.154 e. The van der Waals surface area contributed by atoms with E-state index in [1.807, 2.05) is 0 Å². The van der Waals surface area contributed by atoms with Crippen LogP contribution < -0.4 is 5.32 Å². The fraction of sp³-hybridized carbons (Fsp3) is 1.00. The predicted octanol–water partition coefficient (Wildman–Crippen LogP) is 0.172. The SMILES string of the molecule is CC(C)S(=O)(=O)CC1CCN1. The van der Waals surface area contributed by atoms with Crippen LogP contribution in [0.25, 0.3) is 0 Å². The topological polar surface area (TPSA) is 46.2 Å². The summed E-state index contributed by atoms with van der Waals surface area (Å²) in [6.07, 6.45) is 1.01. The van der Waals surface area contributed by atoms with E-state index >= 15 is 0 Å². The maximum atomic E-state index is 11.3. The summed E-state index contributed by atoms with van der Waals surface area (Å²) in [6, 6.07) is 0.224. The van der Waals surface area contributed by atoms with Crippen LogP contribution in [0.4, 0.5) is 0 Å². The van der Waals surface area contributed by atoms with E-state index in [2.05, 4.69) is 5.32 Å². The van der Waals surface area contributed by atoms with E-state index in [-0.39, 0.29) is 11.3 Å². The molecule has 0 radical (unpaired) electrons. The number of sulfone groups is 1. The van der Waals surface area contributed by atoms with Gasteiger partial charge in [0.1, 0.15) is 0 Å². The zero-order valence-corrected chi connectivity index (χ0v) is 7.82. The van der Waals surface area contributed by atoms with E-state index in [1.54, 1.807) is 13.8 Å². The van der Waals surface area contributed by atoms with Crippen molar-refractivity contribution in [2.24, 2.45) is 0 Å². The Morgan fingerprint density at radius 3 is 2.36 bits per heavy atom. The van der Waals surface area contributed by atoms with E-state index in [9.17, 15) is 8.42 Å². The van der Waals surface area contributed by atoms with Crippen molar-refractivity contribution < 1.29 is 8.42 Å².